The van der Waals surface area contributed by atoms with E-state index in [2.05, 4.69) is 44.1 Å². The van der Waals surface area contributed by atoms with Gasteiger partial charge in [0.1, 0.15) is 17.2 Å². The van der Waals surface area contributed by atoms with Crippen LogP contribution in [0.25, 0.3) is 33.1 Å². The number of hydrogen-bond acceptors (Lipinski definition) is 5. The number of nitrogen functional groups attached to an aromatic ring is 1. The minimum Gasteiger partial charge on any atom is -0.494 e. The molecule has 0 amide bonds. The summed E-state index contributed by atoms with van der Waals surface area (Å²) in [7, 11) is 0. The van der Waals surface area contributed by atoms with Crippen molar-refractivity contribution in [3.63, 3.8) is 0 Å². The quantitative estimate of drug-likeness (QED) is 0.505. The second-order valence-electron chi connectivity index (χ2n) is 7.99. The predicted octanol–water partition coefficient (Wildman–Crippen LogP) is 4.74. The molecule has 0 spiro atoms. The van der Waals surface area contributed by atoms with Gasteiger partial charge in [-0.15, -0.1) is 0 Å². The Labute approximate surface area is 176 Å². The van der Waals surface area contributed by atoms with Gasteiger partial charge in [0.05, 0.1) is 18.3 Å². The first kappa shape index (κ1) is 18.9. The summed E-state index contributed by atoms with van der Waals surface area (Å²) in [5.74, 6) is 1.47. The van der Waals surface area contributed by atoms with Crippen LogP contribution in [0.1, 0.15) is 31.7 Å². The lowest BCUT2D eigenvalue weighted by molar-refractivity contribution is 0.216. The molecule has 0 aliphatic carbocycles. The maximum atomic E-state index is 6.02. The van der Waals surface area contributed by atoms with Crippen molar-refractivity contribution in [2.75, 3.05) is 25.4 Å². The van der Waals surface area contributed by atoms with Gasteiger partial charge in [0.15, 0.2) is 0 Å². The van der Waals surface area contributed by atoms with E-state index in [0.29, 0.717) is 12.4 Å². The predicted molar refractivity (Wildman–Crippen MR) is 122 cm³/mol. The van der Waals surface area contributed by atoms with E-state index in [1.165, 1.54) is 37.9 Å². The van der Waals surface area contributed by atoms with E-state index in [-0.39, 0.29) is 0 Å². The molecule has 1 fully saturated rings. The highest BCUT2D eigenvalue weighted by Crippen LogP contribution is 2.32. The summed E-state index contributed by atoms with van der Waals surface area (Å²) >= 11 is 0. The Bertz CT molecular complexity index is 1190. The van der Waals surface area contributed by atoms with E-state index in [9.17, 15) is 0 Å². The molecule has 3 aromatic heterocycles. The fraction of sp³-hybridized carbons (Fsp3) is 0.333. The maximum absolute atomic E-state index is 6.02. The molecule has 3 N–H and O–H groups in total. The fourth-order valence-corrected chi connectivity index (χ4v) is 4.36. The zero-order valence-corrected chi connectivity index (χ0v) is 17.3. The molecular formula is C24H27N5O. The number of likely N-dealkylation sites (tertiary alicyclic amines) is 1. The van der Waals surface area contributed by atoms with Crippen LogP contribution in [0.5, 0.6) is 5.75 Å². The van der Waals surface area contributed by atoms with Crippen LogP contribution >= 0.6 is 0 Å². The molecule has 5 rings (SSSR count). The van der Waals surface area contributed by atoms with Crippen molar-refractivity contribution in [2.45, 2.75) is 32.7 Å². The lowest BCUT2D eigenvalue weighted by Gasteiger charge is -2.27. The van der Waals surface area contributed by atoms with E-state index in [0.717, 1.165) is 45.4 Å². The first-order chi connectivity index (χ1) is 14.7. The number of benzene rings is 1. The van der Waals surface area contributed by atoms with Gasteiger partial charge >= 0.3 is 0 Å². The fourth-order valence-electron chi connectivity index (χ4n) is 4.36. The zero-order chi connectivity index (χ0) is 20.5. The summed E-state index contributed by atoms with van der Waals surface area (Å²) in [6.45, 7) is 5.98. The molecular weight excluding hydrogens is 374 g/mol. The standard InChI is InChI=1S/C24H27N5O/c1-2-30-22-11-16(6-7-17(22)15-29-8-4-3-5-9-29)18-10-20-19-12-23(25)26-14-21(19)28-24(20)27-13-18/h6-7,10-14H,2-5,8-9,15H2,1H3,(H2,25,26)(H,27,28). The number of aromatic nitrogens is 3. The van der Waals surface area contributed by atoms with Crippen LogP contribution in [0.2, 0.25) is 0 Å². The Morgan fingerprint density at radius 1 is 1.00 bits per heavy atom. The normalized spacial score (nSPS) is 15.1. The number of anilines is 1. The van der Waals surface area contributed by atoms with E-state index in [4.69, 9.17) is 10.5 Å². The first-order valence-corrected chi connectivity index (χ1v) is 10.7. The molecule has 30 heavy (non-hydrogen) atoms. The van der Waals surface area contributed by atoms with Gasteiger partial charge in [0, 0.05) is 34.6 Å². The number of hydrogen-bond donors (Lipinski definition) is 2. The number of ether oxygens (including phenoxy) is 1. The third kappa shape index (κ3) is 3.59. The number of nitrogens with zero attached hydrogens (tertiary/aromatic N) is 3. The van der Waals surface area contributed by atoms with Gasteiger partial charge in [-0.05, 0) is 56.6 Å². The van der Waals surface area contributed by atoms with Crippen molar-refractivity contribution < 1.29 is 4.74 Å². The van der Waals surface area contributed by atoms with Crippen molar-refractivity contribution in [1.82, 2.24) is 19.9 Å². The van der Waals surface area contributed by atoms with Crippen molar-refractivity contribution in [3.8, 4) is 16.9 Å². The van der Waals surface area contributed by atoms with Gasteiger partial charge in [-0.2, -0.15) is 0 Å². The Morgan fingerprint density at radius 2 is 1.87 bits per heavy atom. The van der Waals surface area contributed by atoms with Gasteiger partial charge in [0.25, 0.3) is 0 Å². The monoisotopic (exact) mass is 401 g/mol. The molecule has 0 saturated carbocycles. The molecule has 0 bridgehead atoms. The average Bonchev–Trinajstić information content (AvgIpc) is 3.13. The molecule has 154 valence electrons. The van der Waals surface area contributed by atoms with E-state index in [1.54, 1.807) is 6.20 Å². The van der Waals surface area contributed by atoms with Crippen molar-refractivity contribution in [3.05, 3.63) is 48.3 Å². The second kappa shape index (κ2) is 7.95. The molecule has 1 aromatic carbocycles. The van der Waals surface area contributed by atoms with E-state index >= 15 is 0 Å². The van der Waals surface area contributed by atoms with Crippen molar-refractivity contribution >= 4 is 27.8 Å². The molecule has 1 saturated heterocycles. The smallest absolute Gasteiger partial charge is 0.138 e. The summed E-state index contributed by atoms with van der Waals surface area (Å²) in [4.78, 5) is 14.7. The number of fused-ring (bicyclic) bond motifs is 3. The highest BCUT2D eigenvalue weighted by atomic mass is 16.5. The number of rotatable bonds is 5. The Hall–Kier alpha value is -3.12. The SMILES string of the molecule is CCOc1cc(-c2cnc3[nH]c4cnc(N)cc4c3c2)ccc1CN1CCCCC1. The van der Waals surface area contributed by atoms with Gasteiger partial charge in [-0.3, -0.25) is 4.90 Å². The molecule has 4 aromatic rings. The lowest BCUT2D eigenvalue weighted by atomic mass is 10.0. The number of pyridine rings is 2. The molecule has 0 atom stereocenters. The minimum atomic E-state index is 0.509. The Balaban J connectivity index is 1.52. The third-order valence-electron chi connectivity index (χ3n) is 5.90. The van der Waals surface area contributed by atoms with Crippen LogP contribution in [0.4, 0.5) is 5.82 Å². The number of aromatic amines is 1. The highest BCUT2D eigenvalue weighted by molar-refractivity contribution is 6.07. The second-order valence-corrected chi connectivity index (χ2v) is 7.99. The highest BCUT2D eigenvalue weighted by Gasteiger charge is 2.15. The van der Waals surface area contributed by atoms with E-state index in [1.807, 2.05) is 19.2 Å². The third-order valence-corrected chi connectivity index (χ3v) is 5.90. The molecule has 1 aliphatic heterocycles. The number of nitrogens with two attached hydrogens (primary N) is 1. The maximum Gasteiger partial charge on any atom is 0.138 e. The number of nitrogens with one attached hydrogen (secondary N) is 1. The summed E-state index contributed by atoms with van der Waals surface area (Å²) in [6.07, 6.45) is 7.59. The zero-order valence-electron chi connectivity index (χ0n) is 17.3. The van der Waals surface area contributed by atoms with Crippen LogP contribution in [0, 0.1) is 0 Å². The molecule has 6 nitrogen and oxygen atoms in total. The topological polar surface area (TPSA) is 80.1 Å². The summed E-state index contributed by atoms with van der Waals surface area (Å²) in [5, 5.41) is 2.09. The first-order valence-electron chi connectivity index (χ1n) is 10.7. The van der Waals surface area contributed by atoms with Gasteiger partial charge in [-0.25, -0.2) is 9.97 Å². The van der Waals surface area contributed by atoms with E-state index < -0.39 is 0 Å². The molecule has 1 aliphatic rings. The van der Waals surface area contributed by atoms with Crippen molar-refractivity contribution in [1.29, 1.82) is 0 Å². The van der Waals surface area contributed by atoms with Crippen LogP contribution in [-0.4, -0.2) is 39.5 Å². The van der Waals surface area contributed by atoms with Crippen molar-refractivity contribution in [2.24, 2.45) is 0 Å². The van der Waals surface area contributed by atoms with Crippen LogP contribution in [0.15, 0.2) is 42.7 Å². The molecule has 4 heterocycles. The van der Waals surface area contributed by atoms with Crippen LogP contribution in [-0.2, 0) is 6.54 Å². The largest absolute Gasteiger partial charge is 0.494 e. The Kier molecular flexibility index (Phi) is 5.01. The van der Waals surface area contributed by atoms with Gasteiger partial charge in [0.2, 0.25) is 0 Å². The number of H-pyrrole nitrogens is 1. The van der Waals surface area contributed by atoms with Crippen LogP contribution in [0.3, 0.4) is 0 Å². The lowest BCUT2D eigenvalue weighted by Crippen LogP contribution is -2.29. The van der Waals surface area contributed by atoms with Gasteiger partial charge < -0.3 is 15.5 Å². The summed E-state index contributed by atoms with van der Waals surface area (Å²) in [5.41, 5.74) is 11.1. The molecule has 6 heteroatoms. The summed E-state index contributed by atoms with van der Waals surface area (Å²) in [6, 6.07) is 10.6. The van der Waals surface area contributed by atoms with Crippen LogP contribution < -0.4 is 10.5 Å². The Morgan fingerprint density at radius 3 is 2.70 bits per heavy atom. The number of piperidine rings is 1. The average molecular weight is 402 g/mol. The molecule has 0 unspecified atom stereocenters. The van der Waals surface area contributed by atoms with Gasteiger partial charge in [-0.1, -0.05) is 18.6 Å². The summed E-state index contributed by atoms with van der Waals surface area (Å²) < 4.78 is 6.02. The molecule has 0 radical (unpaired) electrons. The minimum absolute atomic E-state index is 0.509.